The fraction of sp³-hybridized carbons (Fsp3) is 0.286. The molecule has 29 heavy (non-hydrogen) atoms. The monoisotopic (exact) mass is 419 g/mol. The van der Waals surface area contributed by atoms with Gasteiger partial charge in [0.2, 0.25) is 5.91 Å². The van der Waals surface area contributed by atoms with Gasteiger partial charge in [0.15, 0.2) is 5.78 Å². The van der Waals surface area contributed by atoms with E-state index in [4.69, 9.17) is 10.5 Å². The molecule has 2 amide bonds. The lowest BCUT2D eigenvalue weighted by Gasteiger charge is -2.11. The van der Waals surface area contributed by atoms with Gasteiger partial charge in [-0.3, -0.25) is 14.4 Å². The predicted octanol–water partition coefficient (Wildman–Crippen LogP) is 2.80. The number of nitrogens with one attached hydrogen (secondary N) is 2. The Morgan fingerprint density at radius 3 is 2.34 bits per heavy atom. The largest absolute Gasteiger partial charge is 0.494 e. The SMILES string of the molecule is CCOc1ccc(C(=O)CCC(=O)Nc2ccccc2C(=O)NCCN)cc1.Cl. The van der Waals surface area contributed by atoms with Gasteiger partial charge < -0.3 is 21.1 Å². The van der Waals surface area contributed by atoms with Crippen molar-refractivity contribution >= 4 is 35.7 Å². The lowest BCUT2D eigenvalue weighted by molar-refractivity contribution is -0.116. The van der Waals surface area contributed by atoms with Gasteiger partial charge >= 0.3 is 0 Å². The molecule has 8 heteroatoms. The Kier molecular flexibility index (Phi) is 10.4. The van der Waals surface area contributed by atoms with Crippen LogP contribution in [0.4, 0.5) is 5.69 Å². The standard InChI is InChI=1S/C21H25N3O4.ClH/c1-2-28-16-9-7-15(8-10-16)19(25)11-12-20(26)24-18-6-4-3-5-17(18)21(27)23-14-13-22;/h3-10H,2,11-14,22H2,1H3,(H,23,27)(H,24,26);1H. The zero-order valence-corrected chi connectivity index (χ0v) is 17.1. The van der Waals surface area contributed by atoms with E-state index in [1.54, 1.807) is 48.5 Å². The van der Waals surface area contributed by atoms with Crippen molar-refractivity contribution in [2.75, 3.05) is 25.0 Å². The highest BCUT2D eigenvalue weighted by Gasteiger charge is 2.14. The van der Waals surface area contributed by atoms with Crippen LogP contribution >= 0.6 is 12.4 Å². The summed E-state index contributed by atoms with van der Waals surface area (Å²) in [5.74, 6) is -0.0846. The van der Waals surface area contributed by atoms with Crippen LogP contribution in [0.3, 0.4) is 0 Å². The molecule has 0 radical (unpaired) electrons. The molecule has 0 unspecified atom stereocenters. The summed E-state index contributed by atoms with van der Waals surface area (Å²) in [6, 6.07) is 13.5. The van der Waals surface area contributed by atoms with E-state index in [2.05, 4.69) is 10.6 Å². The van der Waals surface area contributed by atoms with Gasteiger partial charge in [0.05, 0.1) is 17.9 Å². The number of para-hydroxylation sites is 1. The number of halogens is 1. The fourth-order valence-electron chi connectivity index (χ4n) is 2.56. The van der Waals surface area contributed by atoms with Crippen molar-refractivity contribution in [3.8, 4) is 5.75 Å². The molecule has 2 rings (SSSR count). The van der Waals surface area contributed by atoms with Crippen LogP contribution in [0.2, 0.25) is 0 Å². The summed E-state index contributed by atoms with van der Waals surface area (Å²) in [6.07, 6.45) is 0.0894. The van der Waals surface area contributed by atoms with Gasteiger partial charge in [0.25, 0.3) is 5.91 Å². The van der Waals surface area contributed by atoms with Crippen molar-refractivity contribution in [3.05, 3.63) is 59.7 Å². The average Bonchev–Trinajstić information content (AvgIpc) is 2.71. The summed E-state index contributed by atoms with van der Waals surface area (Å²) >= 11 is 0. The third-order valence-corrected chi connectivity index (χ3v) is 3.94. The second-order valence-electron chi connectivity index (χ2n) is 6.02. The first-order valence-corrected chi connectivity index (χ1v) is 9.18. The third-order valence-electron chi connectivity index (χ3n) is 3.94. The van der Waals surface area contributed by atoms with Crippen LogP contribution in [0, 0.1) is 0 Å². The first-order valence-electron chi connectivity index (χ1n) is 9.18. The molecule has 0 aromatic heterocycles. The molecule has 2 aromatic rings. The number of anilines is 1. The van der Waals surface area contributed by atoms with Crippen molar-refractivity contribution < 1.29 is 19.1 Å². The molecule has 0 saturated carbocycles. The normalized spacial score (nSPS) is 9.86. The smallest absolute Gasteiger partial charge is 0.253 e. The highest BCUT2D eigenvalue weighted by Crippen LogP contribution is 2.17. The fourth-order valence-corrected chi connectivity index (χ4v) is 2.56. The van der Waals surface area contributed by atoms with Crippen LogP contribution < -0.4 is 21.1 Å². The first-order chi connectivity index (χ1) is 13.5. The molecule has 0 atom stereocenters. The molecule has 0 bridgehead atoms. The quantitative estimate of drug-likeness (QED) is 0.513. The van der Waals surface area contributed by atoms with Crippen molar-refractivity contribution in [1.82, 2.24) is 5.32 Å². The molecule has 7 nitrogen and oxygen atoms in total. The number of ketones is 1. The van der Waals surface area contributed by atoms with Crippen LogP contribution in [0.5, 0.6) is 5.75 Å². The number of nitrogens with two attached hydrogens (primary N) is 1. The summed E-state index contributed by atoms with van der Waals surface area (Å²) in [6.45, 7) is 3.11. The Morgan fingerprint density at radius 1 is 1.00 bits per heavy atom. The Hall–Kier alpha value is -2.90. The highest BCUT2D eigenvalue weighted by molar-refractivity contribution is 6.05. The van der Waals surface area contributed by atoms with Gasteiger partial charge in [-0.1, -0.05) is 12.1 Å². The van der Waals surface area contributed by atoms with Gasteiger partial charge in [-0.2, -0.15) is 0 Å². The second kappa shape index (κ2) is 12.5. The maximum Gasteiger partial charge on any atom is 0.253 e. The number of hydrogen-bond donors (Lipinski definition) is 3. The van der Waals surface area contributed by atoms with E-state index in [1.165, 1.54) is 0 Å². The number of Topliss-reactive ketones (excluding diaryl/α,β-unsaturated/α-hetero) is 1. The first kappa shape index (κ1) is 24.1. The van der Waals surface area contributed by atoms with E-state index >= 15 is 0 Å². The molecule has 156 valence electrons. The Labute approximate surface area is 176 Å². The number of hydrogen-bond acceptors (Lipinski definition) is 5. The zero-order valence-electron chi connectivity index (χ0n) is 16.3. The number of rotatable bonds is 10. The van der Waals surface area contributed by atoms with Crippen LogP contribution in [0.1, 0.15) is 40.5 Å². The third kappa shape index (κ3) is 7.56. The van der Waals surface area contributed by atoms with Gasteiger partial charge in [0.1, 0.15) is 5.75 Å². The van der Waals surface area contributed by atoms with Crippen LogP contribution in [-0.2, 0) is 4.79 Å². The summed E-state index contributed by atoms with van der Waals surface area (Å²) in [4.78, 5) is 36.7. The summed E-state index contributed by atoms with van der Waals surface area (Å²) in [5, 5.41) is 5.37. The van der Waals surface area contributed by atoms with Crippen molar-refractivity contribution in [2.24, 2.45) is 5.73 Å². The molecule has 0 saturated heterocycles. The lowest BCUT2D eigenvalue weighted by Crippen LogP contribution is -2.30. The minimum Gasteiger partial charge on any atom is -0.494 e. The van der Waals surface area contributed by atoms with Gasteiger partial charge in [0, 0.05) is 31.5 Å². The minimum absolute atomic E-state index is 0. The van der Waals surface area contributed by atoms with Crippen molar-refractivity contribution in [3.63, 3.8) is 0 Å². The minimum atomic E-state index is -0.335. The van der Waals surface area contributed by atoms with Gasteiger partial charge in [-0.15, -0.1) is 12.4 Å². The highest BCUT2D eigenvalue weighted by atomic mass is 35.5. The summed E-state index contributed by atoms with van der Waals surface area (Å²) in [5.41, 5.74) is 6.66. The molecule has 0 fully saturated rings. The maximum absolute atomic E-state index is 12.3. The van der Waals surface area contributed by atoms with E-state index in [0.717, 1.165) is 0 Å². The van der Waals surface area contributed by atoms with Gasteiger partial charge in [-0.05, 0) is 43.3 Å². The van der Waals surface area contributed by atoms with Crippen LogP contribution in [0.25, 0.3) is 0 Å². The molecule has 2 aromatic carbocycles. The molecular weight excluding hydrogens is 394 g/mol. The zero-order chi connectivity index (χ0) is 20.4. The molecule has 0 aliphatic carbocycles. The van der Waals surface area contributed by atoms with Crippen molar-refractivity contribution in [2.45, 2.75) is 19.8 Å². The number of amides is 2. The van der Waals surface area contributed by atoms with Crippen LogP contribution in [0.15, 0.2) is 48.5 Å². The van der Waals surface area contributed by atoms with E-state index < -0.39 is 0 Å². The molecular formula is C21H26ClN3O4. The maximum atomic E-state index is 12.3. The summed E-state index contributed by atoms with van der Waals surface area (Å²) < 4.78 is 5.35. The predicted molar refractivity (Wildman–Crippen MR) is 115 cm³/mol. The summed E-state index contributed by atoms with van der Waals surface area (Å²) in [7, 11) is 0. The topological polar surface area (TPSA) is 111 Å². The molecule has 0 spiro atoms. The number of benzene rings is 2. The molecule has 0 heterocycles. The Balaban J connectivity index is 0.00000420. The molecule has 0 aliphatic heterocycles. The number of carbonyl (C=O) groups is 3. The van der Waals surface area contributed by atoms with E-state index in [-0.39, 0.29) is 42.8 Å². The number of carbonyl (C=O) groups excluding carboxylic acids is 3. The average molecular weight is 420 g/mol. The van der Waals surface area contributed by atoms with Crippen LogP contribution in [-0.4, -0.2) is 37.3 Å². The number of ether oxygens (including phenoxy) is 1. The van der Waals surface area contributed by atoms with Crippen molar-refractivity contribution in [1.29, 1.82) is 0 Å². The van der Waals surface area contributed by atoms with E-state index in [9.17, 15) is 14.4 Å². The van der Waals surface area contributed by atoms with E-state index in [1.807, 2.05) is 6.92 Å². The van der Waals surface area contributed by atoms with Gasteiger partial charge in [-0.25, -0.2) is 0 Å². The Bertz CT molecular complexity index is 825. The second-order valence-corrected chi connectivity index (χ2v) is 6.02. The van der Waals surface area contributed by atoms with E-state index in [0.29, 0.717) is 42.3 Å². The Morgan fingerprint density at radius 2 is 1.69 bits per heavy atom. The molecule has 0 aliphatic rings. The lowest BCUT2D eigenvalue weighted by atomic mass is 10.1. The molecule has 4 N–H and O–H groups in total.